The summed E-state index contributed by atoms with van der Waals surface area (Å²) in [4.78, 5) is 14.7. The van der Waals surface area contributed by atoms with Gasteiger partial charge in [-0.1, -0.05) is 24.3 Å². The Morgan fingerprint density at radius 3 is 2.95 bits per heavy atom. The van der Waals surface area contributed by atoms with Gasteiger partial charge in [0.15, 0.2) is 0 Å². The van der Waals surface area contributed by atoms with Crippen molar-refractivity contribution in [2.45, 2.75) is 38.3 Å². The Balaban J connectivity index is 1.84. The molecular weight excluding hydrogens is 278 g/mol. The van der Waals surface area contributed by atoms with Gasteiger partial charge in [0.25, 0.3) is 0 Å². The number of rotatable bonds is 3. The number of fused-ring (bicyclic) bond motifs is 1. The number of hydrogen-bond donors (Lipinski definition) is 0. The lowest BCUT2D eigenvalue weighted by Gasteiger charge is -2.43. The predicted molar refractivity (Wildman–Crippen MR) is 84.6 cm³/mol. The molecule has 3 rings (SSSR count). The largest absolute Gasteiger partial charge is 0.468 e. The number of likely N-dealkylation sites (tertiary alicyclic amines) is 1. The SMILES string of the molecule is COC(=O)[C@H](c1ccccc1C)N1CC[C@H]2OCCC[C@@H]2C1. The summed E-state index contributed by atoms with van der Waals surface area (Å²) in [5, 5.41) is 0. The smallest absolute Gasteiger partial charge is 0.327 e. The molecule has 1 aromatic carbocycles. The van der Waals surface area contributed by atoms with Crippen LogP contribution in [0.15, 0.2) is 24.3 Å². The van der Waals surface area contributed by atoms with Crippen molar-refractivity contribution in [3.05, 3.63) is 35.4 Å². The molecule has 0 bridgehead atoms. The Bertz CT molecular complexity index is 531. The van der Waals surface area contributed by atoms with Gasteiger partial charge in [-0.3, -0.25) is 4.90 Å². The number of carbonyl (C=O) groups is 1. The van der Waals surface area contributed by atoms with Crippen LogP contribution in [0.2, 0.25) is 0 Å². The Labute approximate surface area is 132 Å². The van der Waals surface area contributed by atoms with Crippen LogP contribution in [0.5, 0.6) is 0 Å². The van der Waals surface area contributed by atoms with E-state index in [1.807, 2.05) is 18.2 Å². The van der Waals surface area contributed by atoms with Gasteiger partial charge < -0.3 is 9.47 Å². The summed E-state index contributed by atoms with van der Waals surface area (Å²) in [6, 6.07) is 7.81. The highest BCUT2D eigenvalue weighted by atomic mass is 16.5. The van der Waals surface area contributed by atoms with Crippen LogP contribution in [-0.4, -0.2) is 43.8 Å². The average Bonchev–Trinajstić information content (AvgIpc) is 2.56. The molecule has 0 aromatic heterocycles. The van der Waals surface area contributed by atoms with Gasteiger partial charge in [-0.25, -0.2) is 4.79 Å². The zero-order valence-corrected chi connectivity index (χ0v) is 13.5. The fraction of sp³-hybridized carbons (Fsp3) is 0.611. The second kappa shape index (κ2) is 6.80. The van der Waals surface area contributed by atoms with Crippen molar-refractivity contribution in [2.24, 2.45) is 5.92 Å². The summed E-state index contributed by atoms with van der Waals surface area (Å²) in [6.07, 6.45) is 3.70. The predicted octanol–water partition coefficient (Wildman–Crippen LogP) is 2.71. The lowest BCUT2D eigenvalue weighted by Crippen LogP contribution is -2.49. The molecule has 0 aliphatic carbocycles. The van der Waals surface area contributed by atoms with Gasteiger partial charge >= 0.3 is 5.97 Å². The van der Waals surface area contributed by atoms with Gasteiger partial charge in [0.2, 0.25) is 0 Å². The number of esters is 1. The van der Waals surface area contributed by atoms with E-state index in [-0.39, 0.29) is 12.0 Å². The minimum absolute atomic E-state index is 0.163. The third kappa shape index (κ3) is 3.03. The minimum Gasteiger partial charge on any atom is -0.468 e. The van der Waals surface area contributed by atoms with Gasteiger partial charge in [-0.15, -0.1) is 0 Å². The van der Waals surface area contributed by atoms with Crippen LogP contribution in [0.1, 0.15) is 36.4 Å². The molecule has 0 amide bonds. The zero-order chi connectivity index (χ0) is 15.5. The van der Waals surface area contributed by atoms with Gasteiger partial charge in [-0.2, -0.15) is 0 Å². The highest BCUT2D eigenvalue weighted by Gasteiger charge is 2.38. The van der Waals surface area contributed by atoms with Crippen molar-refractivity contribution in [1.29, 1.82) is 0 Å². The molecular formula is C18H25NO3. The third-order valence-electron chi connectivity index (χ3n) is 5.02. The third-order valence-corrected chi connectivity index (χ3v) is 5.02. The van der Waals surface area contributed by atoms with Crippen LogP contribution in [0.4, 0.5) is 0 Å². The highest BCUT2D eigenvalue weighted by Crippen LogP contribution is 2.34. The summed E-state index contributed by atoms with van der Waals surface area (Å²) in [7, 11) is 1.48. The first-order valence-electron chi connectivity index (χ1n) is 8.19. The fourth-order valence-electron chi connectivity index (χ4n) is 3.83. The molecule has 22 heavy (non-hydrogen) atoms. The number of carbonyl (C=O) groups excluding carboxylic acids is 1. The van der Waals surface area contributed by atoms with Crippen LogP contribution < -0.4 is 0 Å². The van der Waals surface area contributed by atoms with Crippen LogP contribution in [0.25, 0.3) is 0 Å². The Morgan fingerprint density at radius 1 is 1.36 bits per heavy atom. The van der Waals surface area contributed by atoms with Crippen LogP contribution in [0.3, 0.4) is 0 Å². The van der Waals surface area contributed by atoms with Crippen molar-refractivity contribution >= 4 is 5.97 Å². The standard InChI is InChI=1S/C18H25NO3/c1-13-6-3-4-8-15(13)17(18(20)21-2)19-10-9-16-14(12-19)7-5-11-22-16/h3-4,6,8,14,16-17H,5,7,9-12H2,1-2H3/t14-,16-,17+/m1/s1. The summed E-state index contributed by atoms with van der Waals surface area (Å²) >= 11 is 0. The molecule has 2 aliphatic rings. The van der Waals surface area contributed by atoms with E-state index in [1.54, 1.807) is 0 Å². The molecule has 0 N–H and O–H groups in total. The Hall–Kier alpha value is -1.39. The number of nitrogens with zero attached hydrogens (tertiary/aromatic N) is 1. The summed E-state index contributed by atoms with van der Waals surface area (Å²) in [5.74, 6) is 0.378. The number of benzene rings is 1. The topological polar surface area (TPSA) is 38.8 Å². The lowest BCUT2D eigenvalue weighted by molar-refractivity contribution is -0.150. The quantitative estimate of drug-likeness (QED) is 0.805. The number of hydrogen-bond acceptors (Lipinski definition) is 4. The van der Waals surface area contributed by atoms with Crippen molar-refractivity contribution in [2.75, 3.05) is 26.8 Å². The number of piperidine rings is 1. The van der Waals surface area contributed by atoms with Gasteiger partial charge in [0.1, 0.15) is 6.04 Å². The maximum atomic E-state index is 12.4. The molecule has 2 aliphatic heterocycles. The van der Waals surface area contributed by atoms with Crippen molar-refractivity contribution in [1.82, 2.24) is 4.90 Å². The van der Waals surface area contributed by atoms with Crippen molar-refractivity contribution in [3.8, 4) is 0 Å². The molecule has 120 valence electrons. The fourth-order valence-corrected chi connectivity index (χ4v) is 3.83. The van der Waals surface area contributed by atoms with Gasteiger partial charge in [0.05, 0.1) is 13.2 Å². The second-order valence-corrected chi connectivity index (χ2v) is 6.38. The van der Waals surface area contributed by atoms with Crippen LogP contribution in [0, 0.1) is 12.8 Å². The van der Waals surface area contributed by atoms with Crippen LogP contribution in [-0.2, 0) is 14.3 Å². The molecule has 0 radical (unpaired) electrons. The lowest BCUT2D eigenvalue weighted by atomic mass is 9.86. The minimum atomic E-state index is -0.297. The summed E-state index contributed by atoms with van der Waals surface area (Å²) in [6.45, 7) is 4.75. The van der Waals surface area contributed by atoms with E-state index in [0.717, 1.165) is 43.7 Å². The molecule has 3 atom stereocenters. The summed E-state index contributed by atoms with van der Waals surface area (Å²) < 4.78 is 11.0. The Morgan fingerprint density at radius 2 is 2.18 bits per heavy atom. The molecule has 2 heterocycles. The van der Waals surface area contributed by atoms with E-state index in [2.05, 4.69) is 17.9 Å². The van der Waals surface area contributed by atoms with Crippen molar-refractivity contribution in [3.63, 3.8) is 0 Å². The normalized spacial score (nSPS) is 27.0. The van der Waals surface area contributed by atoms with E-state index in [1.165, 1.54) is 13.5 Å². The van der Waals surface area contributed by atoms with E-state index >= 15 is 0 Å². The molecule has 2 saturated heterocycles. The number of aryl methyl sites for hydroxylation is 1. The van der Waals surface area contributed by atoms with E-state index in [0.29, 0.717) is 12.0 Å². The molecule has 4 heteroatoms. The molecule has 0 unspecified atom stereocenters. The monoisotopic (exact) mass is 303 g/mol. The zero-order valence-electron chi connectivity index (χ0n) is 13.5. The molecule has 4 nitrogen and oxygen atoms in total. The molecule has 0 saturated carbocycles. The first-order chi connectivity index (χ1) is 10.7. The molecule has 0 spiro atoms. The molecule has 2 fully saturated rings. The maximum Gasteiger partial charge on any atom is 0.327 e. The highest BCUT2D eigenvalue weighted by molar-refractivity contribution is 5.78. The van der Waals surface area contributed by atoms with Crippen LogP contribution >= 0.6 is 0 Å². The Kier molecular flexibility index (Phi) is 4.79. The first kappa shape index (κ1) is 15.5. The van der Waals surface area contributed by atoms with E-state index < -0.39 is 0 Å². The van der Waals surface area contributed by atoms with E-state index in [9.17, 15) is 4.79 Å². The number of methoxy groups -OCH3 is 1. The van der Waals surface area contributed by atoms with Crippen molar-refractivity contribution < 1.29 is 14.3 Å². The maximum absolute atomic E-state index is 12.4. The average molecular weight is 303 g/mol. The van der Waals surface area contributed by atoms with Gasteiger partial charge in [0, 0.05) is 19.7 Å². The van der Waals surface area contributed by atoms with E-state index in [4.69, 9.17) is 9.47 Å². The molecule has 1 aromatic rings. The first-order valence-corrected chi connectivity index (χ1v) is 8.19. The summed E-state index contributed by atoms with van der Waals surface area (Å²) in [5.41, 5.74) is 2.20. The second-order valence-electron chi connectivity index (χ2n) is 6.38. The number of ether oxygens (including phenoxy) is 2. The van der Waals surface area contributed by atoms with Gasteiger partial charge in [-0.05, 0) is 43.2 Å².